The Labute approximate surface area is 173 Å². The van der Waals surface area contributed by atoms with Crippen LogP contribution in [-0.4, -0.2) is 52.2 Å². The van der Waals surface area contributed by atoms with Gasteiger partial charge in [-0.25, -0.2) is 9.37 Å². The number of benzene rings is 2. The van der Waals surface area contributed by atoms with Crippen LogP contribution < -0.4 is 10.5 Å². The van der Waals surface area contributed by atoms with Gasteiger partial charge in [0.05, 0.1) is 22.7 Å². The lowest BCUT2D eigenvalue weighted by atomic mass is 10.1. The molecule has 6 nitrogen and oxygen atoms in total. The molecule has 1 saturated heterocycles. The van der Waals surface area contributed by atoms with Crippen molar-refractivity contribution < 1.29 is 4.39 Å². The van der Waals surface area contributed by atoms with E-state index in [-0.39, 0.29) is 11.4 Å². The highest BCUT2D eigenvalue weighted by atomic mass is 19.1. The van der Waals surface area contributed by atoms with Crippen molar-refractivity contribution in [3.63, 3.8) is 0 Å². The maximum absolute atomic E-state index is 13.1. The first-order chi connectivity index (χ1) is 14.7. The van der Waals surface area contributed by atoms with Crippen LogP contribution in [0.15, 0.2) is 65.8 Å². The summed E-state index contributed by atoms with van der Waals surface area (Å²) >= 11 is 0. The molecule has 5 rings (SSSR count). The lowest BCUT2D eigenvalue weighted by Gasteiger charge is -2.36. The Kier molecular flexibility index (Phi) is 4.88. The molecule has 7 heteroatoms. The fraction of sp³-hybridized carbons (Fsp3) is 0.261. The quantitative estimate of drug-likeness (QED) is 0.491. The number of piperazine rings is 1. The molecule has 152 valence electrons. The molecule has 3 heterocycles. The lowest BCUT2D eigenvalue weighted by Crippen LogP contribution is -2.47. The van der Waals surface area contributed by atoms with Crippen LogP contribution in [0.25, 0.3) is 21.8 Å². The Balaban J connectivity index is 1.27. The molecule has 0 N–H and O–H groups in total. The van der Waals surface area contributed by atoms with Gasteiger partial charge in [-0.15, -0.1) is 0 Å². The molecule has 0 atom stereocenters. The molecule has 1 aliphatic heterocycles. The van der Waals surface area contributed by atoms with Gasteiger partial charge in [0.15, 0.2) is 0 Å². The van der Waals surface area contributed by atoms with Gasteiger partial charge < -0.3 is 4.90 Å². The Morgan fingerprint density at radius 3 is 2.43 bits per heavy atom. The summed E-state index contributed by atoms with van der Waals surface area (Å²) in [5, 5.41) is 1.45. The van der Waals surface area contributed by atoms with E-state index in [4.69, 9.17) is 0 Å². The minimum atomic E-state index is -0.213. The highest BCUT2D eigenvalue weighted by Gasteiger charge is 2.17. The summed E-state index contributed by atoms with van der Waals surface area (Å²) in [4.78, 5) is 26.5. The van der Waals surface area contributed by atoms with Crippen LogP contribution in [0.2, 0.25) is 0 Å². The number of pyridine rings is 1. The normalized spacial score (nSPS) is 15.2. The van der Waals surface area contributed by atoms with Crippen LogP contribution in [0.4, 0.5) is 10.1 Å². The summed E-state index contributed by atoms with van der Waals surface area (Å²) in [5.41, 5.74) is 2.54. The van der Waals surface area contributed by atoms with Gasteiger partial charge in [0, 0.05) is 56.5 Å². The maximum atomic E-state index is 13.1. The van der Waals surface area contributed by atoms with Gasteiger partial charge in [0.25, 0.3) is 5.56 Å². The number of rotatable bonds is 4. The summed E-state index contributed by atoms with van der Waals surface area (Å²) in [6, 6.07) is 14.4. The predicted molar refractivity (Wildman–Crippen MR) is 116 cm³/mol. The fourth-order valence-electron chi connectivity index (χ4n) is 4.05. The van der Waals surface area contributed by atoms with E-state index < -0.39 is 0 Å². The average molecular weight is 403 g/mol. The number of halogens is 1. The Morgan fingerprint density at radius 2 is 1.63 bits per heavy atom. The standard InChI is InChI=1S/C23H22FN5O/c24-17-5-7-18(8-6-17)28-12-9-27(10-13-28)11-14-29-16-26-22-19-3-1-2-4-21(19)25-15-20(22)23(29)30/h1-8,15-16H,9-14H2. The number of hydrogen-bond donors (Lipinski definition) is 0. The van der Waals surface area contributed by atoms with E-state index in [1.807, 2.05) is 36.4 Å². The van der Waals surface area contributed by atoms with E-state index in [0.29, 0.717) is 17.4 Å². The molecule has 0 amide bonds. The number of anilines is 1. The van der Waals surface area contributed by atoms with E-state index in [2.05, 4.69) is 19.8 Å². The fourth-order valence-corrected chi connectivity index (χ4v) is 4.05. The van der Waals surface area contributed by atoms with Crippen molar-refractivity contribution in [2.75, 3.05) is 37.6 Å². The van der Waals surface area contributed by atoms with E-state index in [1.165, 1.54) is 12.1 Å². The molecule has 0 aliphatic carbocycles. The Bertz CT molecular complexity index is 1250. The summed E-state index contributed by atoms with van der Waals surface area (Å²) in [6.07, 6.45) is 3.27. The molecule has 0 bridgehead atoms. The second-order valence-electron chi connectivity index (χ2n) is 7.59. The minimum absolute atomic E-state index is 0.0526. The molecular weight excluding hydrogens is 381 g/mol. The monoisotopic (exact) mass is 403 g/mol. The van der Waals surface area contributed by atoms with Crippen molar-refractivity contribution in [3.8, 4) is 0 Å². The zero-order valence-corrected chi connectivity index (χ0v) is 16.5. The van der Waals surface area contributed by atoms with E-state index in [9.17, 15) is 9.18 Å². The van der Waals surface area contributed by atoms with E-state index >= 15 is 0 Å². The summed E-state index contributed by atoms with van der Waals surface area (Å²) in [7, 11) is 0. The van der Waals surface area contributed by atoms with Crippen molar-refractivity contribution in [3.05, 3.63) is 77.2 Å². The number of nitrogens with zero attached hydrogens (tertiary/aromatic N) is 5. The van der Waals surface area contributed by atoms with Gasteiger partial charge >= 0.3 is 0 Å². The number of para-hydroxylation sites is 1. The lowest BCUT2D eigenvalue weighted by molar-refractivity contribution is 0.247. The third kappa shape index (κ3) is 3.52. The Morgan fingerprint density at radius 1 is 0.867 bits per heavy atom. The molecule has 0 saturated carbocycles. The largest absolute Gasteiger partial charge is 0.369 e. The summed E-state index contributed by atoms with van der Waals surface area (Å²) < 4.78 is 14.8. The van der Waals surface area contributed by atoms with Gasteiger partial charge in [-0.1, -0.05) is 18.2 Å². The van der Waals surface area contributed by atoms with Crippen molar-refractivity contribution in [2.45, 2.75) is 6.54 Å². The second kappa shape index (κ2) is 7.84. The van der Waals surface area contributed by atoms with Crippen LogP contribution in [0.5, 0.6) is 0 Å². The average Bonchev–Trinajstić information content (AvgIpc) is 2.79. The molecule has 2 aromatic carbocycles. The van der Waals surface area contributed by atoms with Crippen LogP contribution in [-0.2, 0) is 6.54 Å². The smallest absolute Gasteiger partial charge is 0.262 e. The summed E-state index contributed by atoms with van der Waals surface area (Å²) in [6.45, 7) is 4.94. The van der Waals surface area contributed by atoms with Crippen molar-refractivity contribution in [2.24, 2.45) is 0 Å². The third-order valence-corrected chi connectivity index (χ3v) is 5.79. The zero-order chi connectivity index (χ0) is 20.5. The molecular formula is C23H22FN5O. The third-order valence-electron chi connectivity index (χ3n) is 5.79. The zero-order valence-electron chi connectivity index (χ0n) is 16.5. The molecule has 0 radical (unpaired) electrons. The first kappa shape index (κ1) is 18.7. The van der Waals surface area contributed by atoms with Crippen molar-refractivity contribution in [1.82, 2.24) is 19.4 Å². The number of hydrogen-bond acceptors (Lipinski definition) is 5. The Hall–Kier alpha value is -3.32. The van der Waals surface area contributed by atoms with E-state index in [0.717, 1.165) is 49.3 Å². The topological polar surface area (TPSA) is 54.3 Å². The number of aromatic nitrogens is 3. The van der Waals surface area contributed by atoms with Gasteiger partial charge in [-0.2, -0.15) is 0 Å². The molecule has 2 aromatic heterocycles. The first-order valence-electron chi connectivity index (χ1n) is 10.1. The molecule has 0 spiro atoms. The summed E-state index contributed by atoms with van der Waals surface area (Å²) in [5.74, 6) is -0.213. The second-order valence-corrected chi connectivity index (χ2v) is 7.59. The first-order valence-corrected chi connectivity index (χ1v) is 10.1. The molecule has 4 aromatic rings. The van der Waals surface area contributed by atoms with Gasteiger partial charge in [-0.05, 0) is 30.3 Å². The van der Waals surface area contributed by atoms with E-state index in [1.54, 1.807) is 17.1 Å². The number of fused-ring (bicyclic) bond motifs is 3. The molecule has 1 aliphatic rings. The van der Waals surface area contributed by atoms with Gasteiger partial charge in [-0.3, -0.25) is 19.2 Å². The molecule has 30 heavy (non-hydrogen) atoms. The van der Waals surface area contributed by atoms with Gasteiger partial charge in [0.2, 0.25) is 0 Å². The minimum Gasteiger partial charge on any atom is -0.369 e. The highest BCUT2D eigenvalue weighted by molar-refractivity contribution is 6.02. The molecule has 0 unspecified atom stereocenters. The van der Waals surface area contributed by atoms with Crippen LogP contribution in [0.3, 0.4) is 0 Å². The predicted octanol–water partition coefficient (Wildman–Crippen LogP) is 2.91. The van der Waals surface area contributed by atoms with Crippen LogP contribution in [0.1, 0.15) is 0 Å². The SMILES string of the molecule is O=c1c2cnc3ccccc3c2ncn1CCN1CCN(c2ccc(F)cc2)CC1. The van der Waals surface area contributed by atoms with Gasteiger partial charge in [0.1, 0.15) is 5.82 Å². The van der Waals surface area contributed by atoms with Crippen LogP contribution >= 0.6 is 0 Å². The van der Waals surface area contributed by atoms with Crippen molar-refractivity contribution in [1.29, 1.82) is 0 Å². The van der Waals surface area contributed by atoms with Crippen molar-refractivity contribution >= 4 is 27.5 Å². The maximum Gasteiger partial charge on any atom is 0.262 e. The van der Waals surface area contributed by atoms with Crippen LogP contribution in [0, 0.1) is 5.82 Å². The highest BCUT2D eigenvalue weighted by Crippen LogP contribution is 2.19. The molecule has 1 fully saturated rings.